The number of esters is 1. The van der Waals surface area contributed by atoms with E-state index in [1.807, 2.05) is 37.3 Å². The molecule has 1 unspecified atom stereocenters. The van der Waals surface area contributed by atoms with E-state index in [4.69, 9.17) is 9.84 Å². The van der Waals surface area contributed by atoms with Crippen LogP contribution in [0.1, 0.15) is 46.5 Å². The van der Waals surface area contributed by atoms with Gasteiger partial charge in [0.1, 0.15) is 5.00 Å². The SMILES string of the molecule is COC(=O)c1cc(C(C)c2ccccc2)sc1NC(=O)CCC(=O)O. The third kappa shape index (κ3) is 4.90. The topological polar surface area (TPSA) is 92.7 Å². The molecule has 1 heterocycles. The number of thiophene rings is 1. The molecule has 0 spiro atoms. The zero-order valence-electron chi connectivity index (χ0n) is 13.9. The van der Waals surface area contributed by atoms with Crippen LogP contribution in [0.2, 0.25) is 0 Å². The first-order chi connectivity index (χ1) is 11.9. The lowest BCUT2D eigenvalue weighted by molar-refractivity contribution is -0.138. The summed E-state index contributed by atoms with van der Waals surface area (Å²) in [4.78, 5) is 35.4. The number of aliphatic carboxylic acids is 1. The molecule has 2 N–H and O–H groups in total. The maximum Gasteiger partial charge on any atom is 0.340 e. The van der Waals surface area contributed by atoms with Gasteiger partial charge in [0, 0.05) is 17.2 Å². The molecule has 0 radical (unpaired) electrons. The number of nitrogens with one attached hydrogen (secondary N) is 1. The van der Waals surface area contributed by atoms with Crippen LogP contribution in [0.25, 0.3) is 0 Å². The number of hydrogen-bond donors (Lipinski definition) is 2. The molecule has 6 nitrogen and oxygen atoms in total. The highest BCUT2D eigenvalue weighted by Gasteiger charge is 2.21. The molecule has 0 fully saturated rings. The largest absolute Gasteiger partial charge is 0.481 e. The fourth-order valence-electron chi connectivity index (χ4n) is 2.29. The highest BCUT2D eigenvalue weighted by Crippen LogP contribution is 2.36. The minimum atomic E-state index is -1.05. The summed E-state index contributed by atoms with van der Waals surface area (Å²) in [7, 11) is 1.27. The number of rotatable bonds is 7. The third-order valence-electron chi connectivity index (χ3n) is 3.70. The Morgan fingerprint density at radius 2 is 1.88 bits per heavy atom. The summed E-state index contributed by atoms with van der Waals surface area (Å²) >= 11 is 1.29. The summed E-state index contributed by atoms with van der Waals surface area (Å²) < 4.78 is 4.78. The predicted molar refractivity (Wildman–Crippen MR) is 95.1 cm³/mol. The molecule has 0 saturated heterocycles. The number of ether oxygens (including phenoxy) is 1. The van der Waals surface area contributed by atoms with E-state index in [-0.39, 0.29) is 24.3 Å². The lowest BCUT2D eigenvalue weighted by Crippen LogP contribution is -2.14. The fourth-order valence-corrected chi connectivity index (χ4v) is 3.44. The van der Waals surface area contributed by atoms with Gasteiger partial charge in [0.05, 0.1) is 19.1 Å². The number of anilines is 1. The summed E-state index contributed by atoms with van der Waals surface area (Å²) in [6.07, 6.45) is -0.421. The first-order valence-electron chi connectivity index (χ1n) is 7.71. The monoisotopic (exact) mass is 361 g/mol. The van der Waals surface area contributed by atoms with Gasteiger partial charge in [0.25, 0.3) is 0 Å². The van der Waals surface area contributed by atoms with Gasteiger partial charge in [-0.2, -0.15) is 0 Å². The van der Waals surface area contributed by atoms with Gasteiger partial charge in [0.15, 0.2) is 0 Å². The Morgan fingerprint density at radius 1 is 1.20 bits per heavy atom. The number of hydrogen-bond acceptors (Lipinski definition) is 5. The number of carboxylic acids is 1. The Morgan fingerprint density at radius 3 is 2.48 bits per heavy atom. The van der Waals surface area contributed by atoms with Gasteiger partial charge in [-0.05, 0) is 11.6 Å². The minimum absolute atomic E-state index is 0.0410. The Kier molecular flexibility index (Phi) is 6.30. The summed E-state index contributed by atoms with van der Waals surface area (Å²) in [6.45, 7) is 2.01. The van der Waals surface area contributed by atoms with Crippen molar-refractivity contribution >= 4 is 34.2 Å². The second kappa shape index (κ2) is 8.43. The van der Waals surface area contributed by atoms with Crippen molar-refractivity contribution in [3.8, 4) is 0 Å². The van der Waals surface area contributed by atoms with E-state index in [0.29, 0.717) is 5.00 Å². The van der Waals surface area contributed by atoms with E-state index in [1.54, 1.807) is 6.07 Å². The highest BCUT2D eigenvalue weighted by molar-refractivity contribution is 7.16. The molecule has 0 aliphatic carbocycles. The standard InChI is InChI=1S/C18H19NO5S/c1-11(12-6-4-3-5-7-12)14-10-13(18(23)24-2)17(25-14)19-15(20)8-9-16(21)22/h3-7,10-11H,8-9H2,1-2H3,(H,19,20)(H,21,22). The molecule has 2 rings (SSSR count). The first kappa shape index (κ1) is 18.7. The van der Waals surface area contributed by atoms with E-state index in [1.165, 1.54) is 18.4 Å². The number of benzene rings is 1. The molecule has 1 amide bonds. The third-order valence-corrected chi connectivity index (χ3v) is 4.93. The first-order valence-corrected chi connectivity index (χ1v) is 8.52. The normalized spacial score (nSPS) is 11.6. The lowest BCUT2D eigenvalue weighted by Gasteiger charge is -2.09. The lowest BCUT2D eigenvalue weighted by atomic mass is 9.99. The summed E-state index contributed by atoms with van der Waals surface area (Å²) in [5.41, 5.74) is 1.36. The van der Waals surface area contributed by atoms with Gasteiger partial charge in [0.2, 0.25) is 5.91 Å². The molecule has 0 bridgehead atoms. The molecule has 132 valence electrons. The van der Waals surface area contributed by atoms with E-state index in [2.05, 4.69) is 5.32 Å². The Balaban J connectivity index is 2.26. The van der Waals surface area contributed by atoms with Crippen LogP contribution in [0.5, 0.6) is 0 Å². The quantitative estimate of drug-likeness (QED) is 0.737. The van der Waals surface area contributed by atoms with Crippen molar-refractivity contribution in [2.45, 2.75) is 25.7 Å². The van der Waals surface area contributed by atoms with Gasteiger partial charge in [-0.3, -0.25) is 9.59 Å². The van der Waals surface area contributed by atoms with Crippen LogP contribution in [0, 0.1) is 0 Å². The molecular formula is C18H19NO5S. The average Bonchev–Trinajstić information content (AvgIpc) is 3.03. The van der Waals surface area contributed by atoms with E-state index < -0.39 is 17.8 Å². The van der Waals surface area contributed by atoms with Crippen LogP contribution in [-0.4, -0.2) is 30.1 Å². The molecule has 7 heteroatoms. The molecule has 1 aromatic carbocycles. The van der Waals surface area contributed by atoms with E-state index in [0.717, 1.165) is 10.4 Å². The smallest absolute Gasteiger partial charge is 0.340 e. The van der Waals surface area contributed by atoms with E-state index >= 15 is 0 Å². The molecular weight excluding hydrogens is 342 g/mol. The fraction of sp³-hybridized carbons (Fsp3) is 0.278. The summed E-state index contributed by atoms with van der Waals surface area (Å²) in [6, 6.07) is 11.5. The van der Waals surface area contributed by atoms with Crippen molar-refractivity contribution in [1.29, 1.82) is 0 Å². The van der Waals surface area contributed by atoms with Crippen LogP contribution in [0.3, 0.4) is 0 Å². The number of carboxylic acid groups (broad SMARTS) is 1. The summed E-state index contributed by atoms with van der Waals surface area (Å²) in [5, 5.41) is 11.7. The molecule has 0 saturated carbocycles. The van der Waals surface area contributed by atoms with Gasteiger partial charge in [-0.15, -0.1) is 11.3 Å². The van der Waals surface area contributed by atoms with Crippen molar-refractivity contribution in [3.05, 3.63) is 52.4 Å². The molecule has 25 heavy (non-hydrogen) atoms. The second-order valence-corrected chi connectivity index (χ2v) is 6.54. The minimum Gasteiger partial charge on any atom is -0.481 e. The number of methoxy groups -OCH3 is 1. The van der Waals surface area contributed by atoms with E-state index in [9.17, 15) is 14.4 Å². The Labute approximate surface area is 149 Å². The highest BCUT2D eigenvalue weighted by atomic mass is 32.1. The number of carbonyl (C=O) groups excluding carboxylic acids is 2. The van der Waals surface area contributed by atoms with Crippen LogP contribution in [-0.2, 0) is 14.3 Å². The van der Waals surface area contributed by atoms with Gasteiger partial charge in [-0.25, -0.2) is 4.79 Å². The van der Waals surface area contributed by atoms with Crippen molar-refractivity contribution in [1.82, 2.24) is 0 Å². The molecule has 1 atom stereocenters. The van der Waals surface area contributed by atoms with Gasteiger partial charge in [-0.1, -0.05) is 37.3 Å². The van der Waals surface area contributed by atoms with Crippen LogP contribution in [0.4, 0.5) is 5.00 Å². The zero-order valence-corrected chi connectivity index (χ0v) is 14.8. The molecule has 0 aliphatic rings. The maximum absolute atomic E-state index is 12.0. The Bertz CT molecular complexity index is 769. The molecule has 0 aliphatic heterocycles. The van der Waals surface area contributed by atoms with Crippen LogP contribution >= 0.6 is 11.3 Å². The zero-order chi connectivity index (χ0) is 18.4. The van der Waals surface area contributed by atoms with Crippen molar-refractivity contribution in [2.24, 2.45) is 0 Å². The number of carbonyl (C=O) groups is 3. The predicted octanol–water partition coefficient (Wildman–Crippen LogP) is 3.49. The second-order valence-electron chi connectivity index (χ2n) is 5.46. The molecule has 1 aromatic heterocycles. The average molecular weight is 361 g/mol. The maximum atomic E-state index is 12.0. The van der Waals surface area contributed by atoms with Gasteiger partial charge >= 0.3 is 11.9 Å². The van der Waals surface area contributed by atoms with Gasteiger partial charge < -0.3 is 15.2 Å². The van der Waals surface area contributed by atoms with Crippen molar-refractivity contribution in [2.75, 3.05) is 12.4 Å². The number of amides is 1. The molecule has 2 aromatic rings. The Hall–Kier alpha value is -2.67. The van der Waals surface area contributed by atoms with Crippen molar-refractivity contribution in [3.63, 3.8) is 0 Å². The van der Waals surface area contributed by atoms with Crippen LogP contribution in [0.15, 0.2) is 36.4 Å². The summed E-state index contributed by atoms with van der Waals surface area (Å²) in [5.74, 6) is -2.00. The van der Waals surface area contributed by atoms with Crippen LogP contribution < -0.4 is 5.32 Å². The van der Waals surface area contributed by atoms with Crippen molar-refractivity contribution < 1.29 is 24.2 Å².